The first-order valence-corrected chi connectivity index (χ1v) is 8.89. The van der Waals surface area contributed by atoms with Crippen LogP contribution in [0.15, 0.2) is 23.3 Å². The highest BCUT2D eigenvalue weighted by atomic mass is 16.2. The third-order valence-corrected chi connectivity index (χ3v) is 4.18. The average molecular weight is 358 g/mol. The Hall–Kier alpha value is -2.70. The fourth-order valence-corrected chi connectivity index (χ4v) is 2.60. The minimum absolute atomic E-state index is 0.149. The largest absolute Gasteiger partial charge is 0.354 e. The lowest BCUT2D eigenvalue weighted by Gasteiger charge is -2.25. The molecule has 2 rings (SSSR count). The van der Waals surface area contributed by atoms with Crippen LogP contribution >= 0.6 is 0 Å². The minimum Gasteiger partial charge on any atom is -0.354 e. The first kappa shape index (κ1) is 19.6. The van der Waals surface area contributed by atoms with Crippen LogP contribution in [0.5, 0.6) is 0 Å². The Kier molecular flexibility index (Phi) is 6.49. The van der Waals surface area contributed by atoms with E-state index in [2.05, 4.69) is 15.7 Å². The summed E-state index contributed by atoms with van der Waals surface area (Å²) in [6.07, 6.45) is 1.29. The molecular weight excluding hydrogens is 332 g/mol. The first-order valence-electron chi connectivity index (χ1n) is 8.89. The van der Waals surface area contributed by atoms with Gasteiger partial charge in [-0.3, -0.25) is 14.4 Å². The van der Waals surface area contributed by atoms with Crippen molar-refractivity contribution >= 4 is 29.1 Å². The topological polar surface area (TPSA) is 90.9 Å². The molecule has 1 atom stereocenters. The van der Waals surface area contributed by atoms with E-state index in [1.165, 1.54) is 5.01 Å². The summed E-state index contributed by atoms with van der Waals surface area (Å²) in [5.41, 5.74) is 2.84. The van der Waals surface area contributed by atoms with Crippen LogP contribution in [0, 0.1) is 13.8 Å². The molecule has 7 heteroatoms. The van der Waals surface area contributed by atoms with E-state index in [0.717, 1.165) is 17.5 Å². The Bertz CT molecular complexity index is 742. The molecule has 0 aliphatic carbocycles. The predicted octanol–water partition coefficient (Wildman–Crippen LogP) is 1.82. The van der Waals surface area contributed by atoms with Crippen molar-refractivity contribution in [3.8, 4) is 0 Å². The number of nitrogens with zero attached hydrogens (tertiary/aromatic N) is 2. The highest BCUT2D eigenvalue weighted by molar-refractivity contribution is 6.40. The monoisotopic (exact) mass is 358 g/mol. The van der Waals surface area contributed by atoms with E-state index in [1.807, 2.05) is 39.0 Å². The summed E-state index contributed by atoms with van der Waals surface area (Å²) in [5, 5.41) is 10.9. The van der Waals surface area contributed by atoms with Crippen molar-refractivity contribution in [2.75, 3.05) is 11.6 Å². The molecule has 0 radical (unpaired) electrons. The number of hydrogen-bond donors (Lipinski definition) is 2. The van der Waals surface area contributed by atoms with Crippen LogP contribution in [0.3, 0.4) is 0 Å². The van der Waals surface area contributed by atoms with Gasteiger partial charge in [-0.1, -0.05) is 19.1 Å². The molecule has 1 heterocycles. The standard InChI is InChI=1S/C19H26N4O3/c1-5-10-20-18(25)14(4)21-19(26)15-8-9-17(24)23(22-15)16-11-12(2)6-7-13(16)3/h6-7,11,14H,5,8-10H2,1-4H3,(H,20,25)(H,21,26)/t14-/m1/s1. The predicted molar refractivity (Wildman–Crippen MR) is 101 cm³/mol. The van der Waals surface area contributed by atoms with Crippen LogP contribution in [0.2, 0.25) is 0 Å². The molecule has 0 aromatic heterocycles. The molecule has 0 bridgehead atoms. The van der Waals surface area contributed by atoms with E-state index in [0.29, 0.717) is 12.2 Å². The van der Waals surface area contributed by atoms with Crippen LogP contribution in [-0.2, 0) is 14.4 Å². The molecule has 1 aliphatic heterocycles. The number of aryl methyl sites for hydroxylation is 2. The summed E-state index contributed by atoms with van der Waals surface area (Å²) in [6.45, 7) is 7.98. The lowest BCUT2D eigenvalue weighted by Crippen LogP contribution is -2.48. The molecule has 26 heavy (non-hydrogen) atoms. The van der Waals surface area contributed by atoms with Crippen LogP contribution in [0.25, 0.3) is 0 Å². The Labute approximate surface area is 153 Å². The van der Waals surface area contributed by atoms with Gasteiger partial charge in [0.15, 0.2) is 0 Å². The second-order valence-electron chi connectivity index (χ2n) is 6.53. The molecule has 1 aromatic rings. The van der Waals surface area contributed by atoms with Crippen molar-refractivity contribution in [2.45, 2.75) is 53.0 Å². The van der Waals surface area contributed by atoms with Gasteiger partial charge in [0.25, 0.3) is 5.91 Å². The Balaban J connectivity index is 2.16. The zero-order chi connectivity index (χ0) is 19.3. The van der Waals surface area contributed by atoms with Gasteiger partial charge in [-0.2, -0.15) is 5.10 Å². The molecule has 0 saturated carbocycles. The molecule has 7 nitrogen and oxygen atoms in total. The average Bonchev–Trinajstić information content (AvgIpc) is 2.62. The highest BCUT2D eigenvalue weighted by Gasteiger charge is 2.28. The van der Waals surface area contributed by atoms with Gasteiger partial charge < -0.3 is 10.6 Å². The SMILES string of the molecule is CCCNC(=O)[C@@H](C)NC(=O)C1=NN(c2cc(C)ccc2C)C(=O)CC1. The van der Waals surface area contributed by atoms with E-state index in [9.17, 15) is 14.4 Å². The molecule has 1 aliphatic rings. The lowest BCUT2D eigenvalue weighted by atomic mass is 10.1. The normalized spacial score (nSPS) is 15.3. The molecular formula is C19H26N4O3. The molecule has 0 saturated heterocycles. The fourth-order valence-electron chi connectivity index (χ4n) is 2.60. The number of hydrogen-bond acceptors (Lipinski definition) is 4. The van der Waals surface area contributed by atoms with Crippen molar-refractivity contribution in [1.29, 1.82) is 0 Å². The van der Waals surface area contributed by atoms with E-state index >= 15 is 0 Å². The number of nitrogens with one attached hydrogen (secondary N) is 2. The zero-order valence-corrected chi connectivity index (χ0v) is 15.8. The molecule has 2 N–H and O–H groups in total. The number of carbonyl (C=O) groups is 3. The van der Waals surface area contributed by atoms with Gasteiger partial charge in [0.2, 0.25) is 11.8 Å². The molecule has 3 amide bonds. The first-order chi connectivity index (χ1) is 12.3. The van der Waals surface area contributed by atoms with Gasteiger partial charge in [-0.15, -0.1) is 0 Å². The van der Waals surface area contributed by atoms with Crippen LogP contribution in [0.1, 0.15) is 44.2 Å². The van der Waals surface area contributed by atoms with E-state index in [4.69, 9.17) is 0 Å². The molecule has 1 aromatic carbocycles. The smallest absolute Gasteiger partial charge is 0.268 e. The van der Waals surface area contributed by atoms with Crippen LogP contribution in [0.4, 0.5) is 5.69 Å². The number of amides is 3. The maximum atomic E-state index is 12.5. The summed E-state index contributed by atoms with van der Waals surface area (Å²) in [5.74, 6) is -0.810. The minimum atomic E-state index is -0.663. The van der Waals surface area contributed by atoms with E-state index < -0.39 is 11.9 Å². The van der Waals surface area contributed by atoms with Crippen LogP contribution < -0.4 is 15.6 Å². The summed E-state index contributed by atoms with van der Waals surface area (Å²) >= 11 is 0. The molecule has 0 unspecified atom stereocenters. The maximum Gasteiger partial charge on any atom is 0.268 e. The van der Waals surface area contributed by atoms with Gasteiger partial charge in [-0.05, 0) is 44.4 Å². The Morgan fingerprint density at radius 1 is 1.27 bits per heavy atom. The van der Waals surface area contributed by atoms with Crippen molar-refractivity contribution < 1.29 is 14.4 Å². The second kappa shape index (κ2) is 8.60. The van der Waals surface area contributed by atoms with Gasteiger partial charge in [0.05, 0.1) is 5.69 Å². The number of benzene rings is 1. The third kappa shape index (κ3) is 4.68. The number of carbonyl (C=O) groups excluding carboxylic acids is 3. The third-order valence-electron chi connectivity index (χ3n) is 4.18. The summed E-state index contributed by atoms with van der Waals surface area (Å²) < 4.78 is 0. The number of anilines is 1. The van der Waals surface area contributed by atoms with E-state index in [-0.39, 0.29) is 30.4 Å². The van der Waals surface area contributed by atoms with Crippen molar-refractivity contribution in [1.82, 2.24) is 10.6 Å². The van der Waals surface area contributed by atoms with Crippen molar-refractivity contribution in [2.24, 2.45) is 5.10 Å². The quantitative estimate of drug-likeness (QED) is 0.813. The molecule has 140 valence electrons. The van der Waals surface area contributed by atoms with Gasteiger partial charge in [0, 0.05) is 19.4 Å². The second-order valence-corrected chi connectivity index (χ2v) is 6.53. The van der Waals surface area contributed by atoms with Gasteiger partial charge >= 0.3 is 0 Å². The van der Waals surface area contributed by atoms with Crippen molar-refractivity contribution in [3.05, 3.63) is 29.3 Å². The summed E-state index contributed by atoms with van der Waals surface area (Å²) in [7, 11) is 0. The molecule has 0 spiro atoms. The Morgan fingerprint density at radius 2 is 2.00 bits per heavy atom. The summed E-state index contributed by atoms with van der Waals surface area (Å²) in [6, 6.07) is 5.09. The van der Waals surface area contributed by atoms with Gasteiger partial charge in [0.1, 0.15) is 11.8 Å². The maximum absolute atomic E-state index is 12.5. The van der Waals surface area contributed by atoms with Crippen LogP contribution in [-0.4, -0.2) is 36.0 Å². The van der Waals surface area contributed by atoms with Crippen molar-refractivity contribution in [3.63, 3.8) is 0 Å². The Morgan fingerprint density at radius 3 is 2.69 bits per heavy atom. The molecule has 0 fully saturated rings. The number of rotatable bonds is 6. The zero-order valence-electron chi connectivity index (χ0n) is 15.8. The van der Waals surface area contributed by atoms with Gasteiger partial charge in [-0.25, -0.2) is 5.01 Å². The van der Waals surface area contributed by atoms with E-state index in [1.54, 1.807) is 6.92 Å². The summed E-state index contributed by atoms with van der Waals surface area (Å²) in [4.78, 5) is 36.7. The number of hydrazone groups is 1. The highest BCUT2D eigenvalue weighted by Crippen LogP contribution is 2.25. The lowest BCUT2D eigenvalue weighted by molar-refractivity contribution is -0.126. The fraction of sp³-hybridized carbons (Fsp3) is 0.474.